The Bertz CT molecular complexity index is 1470. The zero-order valence-corrected chi connectivity index (χ0v) is 18.2. The number of hydrogen-bond acceptors (Lipinski definition) is 8. The van der Waals surface area contributed by atoms with Crippen molar-refractivity contribution in [3.63, 3.8) is 0 Å². The molecule has 0 amide bonds. The number of carbonyl (C=O) groups is 1. The third-order valence-corrected chi connectivity index (χ3v) is 5.76. The lowest BCUT2D eigenvalue weighted by Gasteiger charge is -2.16. The third kappa shape index (κ3) is 3.89. The van der Waals surface area contributed by atoms with E-state index in [2.05, 4.69) is 15.6 Å². The van der Waals surface area contributed by atoms with Gasteiger partial charge in [0.15, 0.2) is 6.29 Å². The van der Waals surface area contributed by atoms with E-state index >= 15 is 0 Å². The molecule has 1 aliphatic rings. The Balaban J connectivity index is 1.41. The fourth-order valence-electron chi connectivity index (χ4n) is 3.53. The topological polar surface area (TPSA) is 107 Å². The van der Waals surface area contributed by atoms with Gasteiger partial charge in [-0.25, -0.2) is 0 Å². The molecule has 8 nitrogen and oxygen atoms in total. The predicted molar refractivity (Wildman–Crippen MR) is 126 cm³/mol. The smallest absolute Gasteiger partial charge is 0.253 e. The molecule has 33 heavy (non-hydrogen) atoms. The van der Waals surface area contributed by atoms with Crippen LogP contribution in [0.1, 0.15) is 23.2 Å². The number of carbonyl (C=O) groups excluding carboxylic acids is 1. The zero-order chi connectivity index (χ0) is 23.1. The Morgan fingerprint density at radius 3 is 2.55 bits per heavy atom. The first kappa shape index (κ1) is 21.0. The van der Waals surface area contributed by atoms with E-state index < -0.39 is 10.9 Å². The Morgan fingerprint density at radius 2 is 1.85 bits per heavy atom. The molecule has 0 spiro atoms. The number of fused-ring (bicyclic) bond motifs is 1. The number of anilines is 3. The number of aldehydes is 1. The maximum Gasteiger partial charge on any atom is 0.253 e. The van der Waals surface area contributed by atoms with Crippen LogP contribution in [0.4, 0.5) is 17.1 Å². The van der Waals surface area contributed by atoms with Gasteiger partial charge in [0, 0.05) is 29.8 Å². The van der Waals surface area contributed by atoms with Crippen LogP contribution in [0, 0.1) is 0 Å². The van der Waals surface area contributed by atoms with Crippen LogP contribution in [0.15, 0.2) is 52.2 Å². The van der Waals surface area contributed by atoms with Gasteiger partial charge in [0.25, 0.3) is 10.9 Å². The maximum absolute atomic E-state index is 12.0. The van der Waals surface area contributed by atoms with Crippen molar-refractivity contribution >= 4 is 45.9 Å². The largest absolute Gasteiger partial charge is 0.496 e. The van der Waals surface area contributed by atoms with Gasteiger partial charge < -0.3 is 20.1 Å². The predicted octanol–water partition coefficient (Wildman–Crippen LogP) is 4.42. The number of rotatable bonds is 8. The first-order valence-electron chi connectivity index (χ1n) is 10.2. The molecule has 166 valence electrons. The van der Waals surface area contributed by atoms with Crippen molar-refractivity contribution in [2.45, 2.75) is 18.9 Å². The molecule has 0 bridgehead atoms. The monoisotopic (exact) mass is 463 g/mol. The van der Waals surface area contributed by atoms with Crippen LogP contribution in [0.25, 0.3) is 10.9 Å². The molecular weight excluding hydrogens is 446 g/mol. The van der Waals surface area contributed by atoms with E-state index in [0.29, 0.717) is 56.4 Å². The number of pyridine rings is 1. The van der Waals surface area contributed by atoms with Gasteiger partial charge >= 0.3 is 0 Å². The van der Waals surface area contributed by atoms with Crippen LogP contribution >= 0.6 is 11.6 Å². The summed E-state index contributed by atoms with van der Waals surface area (Å²) < 4.78 is 11.2. The Morgan fingerprint density at radius 1 is 1.06 bits per heavy atom. The average molecular weight is 464 g/mol. The van der Waals surface area contributed by atoms with Gasteiger partial charge in [-0.15, -0.1) is 0 Å². The molecule has 5 rings (SSSR count). The Labute approximate surface area is 192 Å². The second-order valence-electron chi connectivity index (χ2n) is 7.73. The minimum Gasteiger partial charge on any atom is -0.496 e. The number of halogens is 1. The minimum atomic E-state index is -0.570. The van der Waals surface area contributed by atoms with Gasteiger partial charge in [-0.3, -0.25) is 19.4 Å². The van der Waals surface area contributed by atoms with Crippen LogP contribution in [-0.2, 0) is 0 Å². The quantitative estimate of drug-likeness (QED) is 0.292. The highest BCUT2D eigenvalue weighted by Crippen LogP contribution is 2.36. The number of aromatic nitrogens is 1. The van der Waals surface area contributed by atoms with Crippen LogP contribution < -0.4 is 31.0 Å². The van der Waals surface area contributed by atoms with Gasteiger partial charge in [-0.1, -0.05) is 11.6 Å². The van der Waals surface area contributed by atoms with Crippen molar-refractivity contribution < 1.29 is 14.3 Å². The molecule has 0 aliphatic heterocycles. The molecule has 9 heteroatoms. The lowest BCUT2D eigenvalue weighted by molar-refractivity contribution is 0.112. The molecule has 0 radical (unpaired) electrons. The first-order valence-corrected chi connectivity index (χ1v) is 10.6. The molecule has 1 aliphatic carbocycles. The van der Waals surface area contributed by atoms with Gasteiger partial charge in [0.1, 0.15) is 28.6 Å². The molecular formula is C24H18ClN3O5. The van der Waals surface area contributed by atoms with Crippen molar-refractivity contribution in [2.75, 3.05) is 17.7 Å². The Kier molecular flexibility index (Phi) is 5.22. The van der Waals surface area contributed by atoms with E-state index in [1.165, 1.54) is 7.11 Å². The summed E-state index contributed by atoms with van der Waals surface area (Å²) in [6.07, 6.45) is 4.26. The summed E-state index contributed by atoms with van der Waals surface area (Å²) in [5.74, 6) is 1.36. The van der Waals surface area contributed by atoms with E-state index in [-0.39, 0.29) is 11.7 Å². The molecule has 0 unspecified atom stereocenters. The van der Waals surface area contributed by atoms with Crippen LogP contribution in [-0.4, -0.2) is 24.4 Å². The summed E-state index contributed by atoms with van der Waals surface area (Å²) in [6.45, 7) is 0. The van der Waals surface area contributed by atoms with Crippen LogP contribution in [0.2, 0.25) is 5.02 Å². The zero-order valence-electron chi connectivity index (χ0n) is 17.5. The maximum atomic E-state index is 12.0. The van der Waals surface area contributed by atoms with Gasteiger partial charge in [-0.05, 0) is 37.1 Å². The number of nitrogens with one attached hydrogen (secondary N) is 2. The number of nitrogens with zero attached hydrogens (tertiary/aromatic N) is 1. The fourth-order valence-corrected chi connectivity index (χ4v) is 3.74. The summed E-state index contributed by atoms with van der Waals surface area (Å²) in [6, 6.07) is 10.2. The lowest BCUT2D eigenvalue weighted by Crippen LogP contribution is -2.37. The minimum absolute atomic E-state index is 0.220. The molecule has 1 aromatic heterocycles. The second-order valence-corrected chi connectivity index (χ2v) is 8.14. The van der Waals surface area contributed by atoms with E-state index in [9.17, 15) is 14.4 Å². The molecule has 0 atom stereocenters. The van der Waals surface area contributed by atoms with Crippen molar-refractivity contribution in [2.24, 2.45) is 0 Å². The van der Waals surface area contributed by atoms with Crippen LogP contribution in [0.5, 0.6) is 17.2 Å². The number of ether oxygens (including phenoxy) is 2. The standard InChI is InChI=1S/C24H18ClN3O5/c1-32-20-10-18-15(8-12(20)11-29)19(6-7-26-18)33-14-4-5-17(16(25)9-14)28-22-21(23(30)24(22)31)27-13-2-3-13/h4-11,13,27-28H,2-3H2,1H3. The molecule has 1 heterocycles. The van der Waals surface area contributed by atoms with E-state index in [0.717, 1.165) is 12.8 Å². The van der Waals surface area contributed by atoms with Gasteiger partial charge in [-0.2, -0.15) is 0 Å². The SMILES string of the molecule is COc1cc2nccc(Oc3ccc(Nc4c(NC5CC5)c(=O)c4=O)c(Cl)c3)c2cc1C=O. The highest BCUT2D eigenvalue weighted by Gasteiger charge is 2.28. The molecule has 3 aromatic carbocycles. The van der Waals surface area contributed by atoms with Crippen molar-refractivity contribution in [1.82, 2.24) is 4.98 Å². The third-order valence-electron chi connectivity index (χ3n) is 5.44. The second kappa shape index (κ2) is 8.22. The molecule has 1 saturated carbocycles. The summed E-state index contributed by atoms with van der Waals surface area (Å²) in [5.41, 5.74) is 0.902. The first-order chi connectivity index (χ1) is 16.0. The average Bonchev–Trinajstić information content (AvgIpc) is 3.66. The number of benzene rings is 2. The van der Waals surface area contributed by atoms with E-state index in [1.807, 2.05) is 0 Å². The van der Waals surface area contributed by atoms with E-state index in [1.54, 1.807) is 42.6 Å². The number of hydrogen-bond donors (Lipinski definition) is 2. The summed E-state index contributed by atoms with van der Waals surface area (Å²) in [4.78, 5) is 39.6. The highest BCUT2D eigenvalue weighted by atomic mass is 35.5. The summed E-state index contributed by atoms with van der Waals surface area (Å²) >= 11 is 6.42. The lowest BCUT2D eigenvalue weighted by atomic mass is 10.1. The van der Waals surface area contributed by atoms with Crippen LogP contribution in [0.3, 0.4) is 0 Å². The normalized spacial score (nSPS) is 13.2. The van der Waals surface area contributed by atoms with Crippen molar-refractivity contribution in [1.29, 1.82) is 0 Å². The molecule has 2 N–H and O–H groups in total. The fraction of sp³-hybridized carbons (Fsp3) is 0.167. The van der Waals surface area contributed by atoms with Crippen molar-refractivity contribution in [3.05, 3.63) is 73.6 Å². The summed E-state index contributed by atoms with van der Waals surface area (Å²) in [5, 5.41) is 6.98. The molecule has 4 aromatic rings. The van der Waals surface area contributed by atoms with E-state index in [4.69, 9.17) is 21.1 Å². The van der Waals surface area contributed by atoms with Gasteiger partial charge in [0.05, 0.1) is 28.9 Å². The highest BCUT2D eigenvalue weighted by molar-refractivity contribution is 6.33. The Hall–Kier alpha value is -3.91. The van der Waals surface area contributed by atoms with Crippen molar-refractivity contribution in [3.8, 4) is 17.2 Å². The number of methoxy groups -OCH3 is 1. The summed E-state index contributed by atoms with van der Waals surface area (Å²) in [7, 11) is 1.49. The van der Waals surface area contributed by atoms with Gasteiger partial charge in [0.2, 0.25) is 0 Å². The molecule has 0 saturated heterocycles. The molecule has 1 fully saturated rings.